The Morgan fingerprint density at radius 3 is 2.83 bits per heavy atom. The molecule has 23 heavy (non-hydrogen) atoms. The number of pyridine rings is 1. The molecule has 0 amide bonds. The Balaban J connectivity index is 1.59. The summed E-state index contributed by atoms with van der Waals surface area (Å²) in [7, 11) is 0. The van der Waals surface area contributed by atoms with Crippen molar-refractivity contribution in [3.8, 4) is 0 Å². The summed E-state index contributed by atoms with van der Waals surface area (Å²) in [5.74, 6) is 1.39. The number of anilines is 1. The van der Waals surface area contributed by atoms with Crippen LogP contribution in [0.15, 0.2) is 48.5 Å². The highest BCUT2D eigenvalue weighted by Crippen LogP contribution is 2.42. The first-order valence-electron chi connectivity index (χ1n) is 8.19. The standard InChI is InChI=1S/C19H22N2O2/c1-14-12-21(18-19(14,2)23-13-22-18)17-10-6-9-16(20-17)11-15-7-4-3-5-8-15/h3-10,14,18H,11-13H2,1-2H3/t14-,18+,19?/m0/s1. The molecule has 4 heteroatoms. The third-order valence-electron chi connectivity index (χ3n) is 5.13. The van der Waals surface area contributed by atoms with Gasteiger partial charge in [-0.2, -0.15) is 0 Å². The summed E-state index contributed by atoms with van der Waals surface area (Å²) in [6, 6.07) is 16.7. The number of fused-ring (bicyclic) bond motifs is 1. The fourth-order valence-electron chi connectivity index (χ4n) is 3.56. The lowest BCUT2D eigenvalue weighted by Crippen LogP contribution is -2.42. The molecular formula is C19H22N2O2. The maximum atomic E-state index is 5.86. The molecule has 4 rings (SSSR count). The lowest BCUT2D eigenvalue weighted by Gasteiger charge is -2.27. The van der Waals surface area contributed by atoms with Crippen LogP contribution in [0.25, 0.3) is 0 Å². The summed E-state index contributed by atoms with van der Waals surface area (Å²) in [5.41, 5.74) is 2.11. The summed E-state index contributed by atoms with van der Waals surface area (Å²) in [6.07, 6.45) is 0.800. The van der Waals surface area contributed by atoms with Gasteiger partial charge in [-0.25, -0.2) is 4.98 Å². The van der Waals surface area contributed by atoms with Gasteiger partial charge in [-0.05, 0) is 24.6 Å². The van der Waals surface area contributed by atoms with Crippen molar-refractivity contribution in [2.24, 2.45) is 5.92 Å². The number of nitrogens with zero attached hydrogens (tertiary/aromatic N) is 2. The van der Waals surface area contributed by atoms with Crippen molar-refractivity contribution in [2.75, 3.05) is 18.2 Å². The van der Waals surface area contributed by atoms with Crippen molar-refractivity contribution in [2.45, 2.75) is 32.1 Å². The van der Waals surface area contributed by atoms with Crippen LogP contribution < -0.4 is 4.90 Å². The molecule has 0 saturated carbocycles. The van der Waals surface area contributed by atoms with E-state index in [1.54, 1.807) is 0 Å². The van der Waals surface area contributed by atoms with Crippen LogP contribution in [0.4, 0.5) is 5.82 Å². The third-order valence-corrected chi connectivity index (χ3v) is 5.13. The van der Waals surface area contributed by atoms with Gasteiger partial charge in [0.15, 0.2) is 6.23 Å². The first-order valence-corrected chi connectivity index (χ1v) is 8.19. The van der Waals surface area contributed by atoms with Crippen molar-refractivity contribution in [3.63, 3.8) is 0 Å². The van der Waals surface area contributed by atoms with Gasteiger partial charge >= 0.3 is 0 Å². The van der Waals surface area contributed by atoms with Crippen LogP contribution >= 0.6 is 0 Å². The molecule has 0 spiro atoms. The van der Waals surface area contributed by atoms with Crippen LogP contribution in [0.2, 0.25) is 0 Å². The van der Waals surface area contributed by atoms with Crippen LogP contribution in [0.5, 0.6) is 0 Å². The molecule has 1 unspecified atom stereocenters. The largest absolute Gasteiger partial charge is 0.344 e. The number of ether oxygens (including phenoxy) is 2. The van der Waals surface area contributed by atoms with Gasteiger partial charge in [0.05, 0.1) is 0 Å². The molecule has 0 bridgehead atoms. The summed E-state index contributed by atoms with van der Waals surface area (Å²) in [5, 5.41) is 0. The van der Waals surface area contributed by atoms with Crippen LogP contribution in [0.1, 0.15) is 25.1 Å². The van der Waals surface area contributed by atoms with E-state index in [0.717, 1.165) is 24.5 Å². The van der Waals surface area contributed by atoms with Gasteiger partial charge in [0.25, 0.3) is 0 Å². The lowest BCUT2D eigenvalue weighted by molar-refractivity contribution is -0.0219. The predicted molar refractivity (Wildman–Crippen MR) is 89.2 cm³/mol. The van der Waals surface area contributed by atoms with Gasteiger partial charge in [0.2, 0.25) is 0 Å². The zero-order chi connectivity index (χ0) is 15.9. The fraction of sp³-hybridized carbons (Fsp3) is 0.421. The van der Waals surface area contributed by atoms with Gasteiger partial charge < -0.3 is 14.4 Å². The Hall–Kier alpha value is -1.91. The topological polar surface area (TPSA) is 34.6 Å². The summed E-state index contributed by atoms with van der Waals surface area (Å²) >= 11 is 0. The van der Waals surface area contributed by atoms with Gasteiger partial charge in [-0.15, -0.1) is 0 Å². The zero-order valence-electron chi connectivity index (χ0n) is 13.6. The highest BCUT2D eigenvalue weighted by molar-refractivity contribution is 5.44. The van der Waals surface area contributed by atoms with Crippen LogP contribution in [-0.4, -0.2) is 30.2 Å². The molecule has 2 saturated heterocycles. The minimum absolute atomic E-state index is 0.0445. The maximum absolute atomic E-state index is 5.86. The quantitative estimate of drug-likeness (QED) is 0.872. The van der Waals surface area contributed by atoms with Gasteiger partial charge in [0, 0.05) is 24.6 Å². The van der Waals surface area contributed by atoms with Gasteiger partial charge in [-0.3, -0.25) is 0 Å². The first-order chi connectivity index (χ1) is 11.2. The smallest absolute Gasteiger partial charge is 0.163 e. The van der Waals surface area contributed by atoms with E-state index in [4.69, 9.17) is 14.5 Å². The van der Waals surface area contributed by atoms with Crippen molar-refractivity contribution in [1.82, 2.24) is 4.98 Å². The molecule has 120 valence electrons. The molecule has 0 N–H and O–H groups in total. The monoisotopic (exact) mass is 310 g/mol. The molecule has 2 fully saturated rings. The van der Waals surface area contributed by atoms with Crippen LogP contribution in [0, 0.1) is 5.92 Å². The number of hydrogen-bond acceptors (Lipinski definition) is 4. The van der Waals surface area contributed by atoms with Crippen molar-refractivity contribution in [3.05, 3.63) is 59.8 Å². The lowest BCUT2D eigenvalue weighted by atomic mass is 9.94. The molecule has 3 heterocycles. The highest BCUT2D eigenvalue weighted by Gasteiger charge is 2.55. The molecule has 3 atom stereocenters. The molecule has 1 aromatic carbocycles. The van der Waals surface area contributed by atoms with E-state index < -0.39 is 0 Å². The molecule has 4 nitrogen and oxygen atoms in total. The zero-order valence-corrected chi connectivity index (χ0v) is 13.6. The minimum Gasteiger partial charge on any atom is -0.344 e. The van der Waals surface area contributed by atoms with Crippen molar-refractivity contribution < 1.29 is 9.47 Å². The van der Waals surface area contributed by atoms with E-state index in [1.165, 1.54) is 5.56 Å². The Morgan fingerprint density at radius 2 is 2.00 bits per heavy atom. The summed E-state index contributed by atoms with van der Waals surface area (Å²) < 4.78 is 11.7. The Morgan fingerprint density at radius 1 is 1.17 bits per heavy atom. The van der Waals surface area contributed by atoms with E-state index >= 15 is 0 Å². The predicted octanol–water partition coefficient (Wildman–Crippen LogP) is 3.22. The first kappa shape index (κ1) is 14.7. The van der Waals surface area contributed by atoms with Gasteiger partial charge in [-0.1, -0.05) is 43.3 Å². The van der Waals surface area contributed by atoms with Crippen LogP contribution in [-0.2, 0) is 15.9 Å². The number of rotatable bonds is 3. The molecular weight excluding hydrogens is 288 g/mol. The Labute approximate surface area is 137 Å². The van der Waals surface area contributed by atoms with E-state index in [-0.39, 0.29) is 11.8 Å². The summed E-state index contributed by atoms with van der Waals surface area (Å²) in [6.45, 7) is 5.63. The van der Waals surface area contributed by atoms with E-state index in [0.29, 0.717) is 12.7 Å². The Bertz CT molecular complexity index is 691. The molecule has 1 aromatic heterocycles. The van der Waals surface area contributed by atoms with Crippen molar-refractivity contribution in [1.29, 1.82) is 0 Å². The average molecular weight is 310 g/mol. The van der Waals surface area contributed by atoms with E-state index in [9.17, 15) is 0 Å². The second kappa shape index (κ2) is 5.62. The van der Waals surface area contributed by atoms with Gasteiger partial charge in [0.1, 0.15) is 18.2 Å². The van der Waals surface area contributed by atoms with E-state index in [1.807, 2.05) is 6.07 Å². The minimum atomic E-state index is -0.239. The maximum Gasteiger partial charge on any atom is 0.163 e. The molecule has 0 aliphatic carbocycles. The highest BCUT2D eigenvalue weighted by atomic mass is 16.7. The molecule has 2 aliphatic heterocycles. The summed E-state index contributed by atoms with van der Waals surface area (Å²) in [4.78, 5) is 7.11. The second-order valence-electron chi connectivity index (χ2n) is 6.67. The fourth-order valence-corrected chi connectivity index (χ4v) is 3.56. The Kier molecular flexibility index (Phi) is 3.58. The normalized spacial score (nSPS) is 29.7. The van der Waals surface area contributed by atoms with Crippen molar-refractivity contribution >= 4 is 5.82 Å². The number of aromatic nitrogens is 1. The van der Waals surface area contributed by atoms with E-state index in [2.05, 4.69) is 61.2 Å². The SMILES string of the molecule is C[C@H]1CN(c2cccc(Cc3ccccc3)n2)[C@@H]2OCOC12C. The molecule has 2 aliphatic rings. The third kappa shape index (κ3) is 2.52. The molecule has 2 aromatic rings. The number of benzene rings is 1. The second-order valence-corrected chi connectivity index (χ2v) is 6.67. The number of hydrogen-bond donors (Lipinski definition) is 0. The average Bonchev–Trinajstić information content (AvgIpc) is 3.06. The van der Waals surface area contributed by atoms with Crippen LogP contribution in [0.3, 0.4) is 0 Å². The molecule has 0 radical (unpaired) electrons.